The molecule has 0 radical (unpaired) electrons. The number of aliphatic hydroxyl groups is 1. The van der Waals surface area contributed by atoms with E-state index in [0.29, 0.717) is 23.8 Å². The van der Waals surface area contributed by atoms with Crippen molar-refractivity contribution in [3.63, 3.8) is 0 Å². The fourth-order valence-electron chi connectivity index (χ4n) is 2.25. The minimum atomic E-state index is -0.873. The van der Waals surface area contributed by atoms with E-state index in [0.717, 1.165) is 18.7 Å². The first-order valence-electron chi connectivity index (χ1n) is 8.15. The maximum absolute atomic E-state index is 12.3. The maximum atomic E-state index is 12.3. The van der Waals surface area contributed by atoms with Gasteiger partial charge in [-0.15, -0.1) is 0 Å². The van der Waals surface area contributed by atoms with Gasteiger partial charge in [0.05, 0.1) is 17.4 Å². The molecule has 1 atom stereocenters. The zero-order valence-electron chi connectivity index (χ0n) is 14.8. The molecule has 0 spiro atoms. The van der Waals surface area contributed by atoms with E-state index < -0.39 is 5.60 Å². The molecule has 1 unspecified atom stereocenters. The summed E-state index contributed by atoms with van der Waals surface area (Å²) in [7, 11) is 0. The molecule has 0 saturated heterocycles. The van der Waals surface area contributed by atoms with Crippen molar-refractivity contribution in [1.29, 1.82) is 0 Å². The summed E-state index contributed by atoms with van der Waals surface area (Å²) in [4.78, 5) is 12.3. The number of hydrogen-bond donors (Lipinski definition) is 2. The molecule has 5 heteroatoms. The molecule has 1 rings (SSSR count). The Morgan fingerprint density at radius 2 is 2.00 bits per heavy atom. The van der Waals surface area contributed by atoms with Crippen LogP contribution in [-0.4, -0.2) is 32.9 Å². The van der Waals surface area contributed by atoms with Gasteiger partial charge in [0, 0.05) is 18.8 Å². The molecule has 0 aliphatic heterocycles. The molecule has 5 nitrogen and oxygen atoms in total. The van der Waals surface area contributed by atoms with Gasteiger partial charge in [0.2, 0.25) is 0 Å². The van der Waals surface area contributed by atoms with E-state index in [1.165, 1.54) is 0 Å². The van der Waals surface area contributed by atoms with Gasteiger partial charge in [0.1, 0.15) is 0 Å². The maximum Gasteiger partial charge on any atom is 0.254 e. The van der Waals surface area contributed by atoms with Crippen LogP contribution in [0.15, 0.2) is 6.20 Å². The van der Waals surface area contributed by atoms with Crippen LogP contribution in [0.5, 0.6) is 0 Å². The van der Waals surface area contributed by atoms with Crippen LogP contribution in [-0.2, 0) is 6.54 Å². The third kappa shape index (κ3) is 5.79. The molecule has 0 aromatic carbocycles. The number of nitrogens with one attached hydrogen (secondary N) is 1. The van der Waals surface area contributed by atoms with Crippen molar-refractivity contribution in [3.8, 4) is 0 Å². The highest BCUT2D eigenvalue weighted by Gasteiger charge is 2.23. The number of carbonyl (C=O) groups excluding carboxylic acids is 1. The summed E-state index contributed by atoms with van der Waals surface area (Å²) in [6.07, 6.45) is 3.22. The highest BCUT2D eigenvalue weighted by atomic mass is 16.3. The van der Waals surface area contributed by atoms with Gasteiger partial charge in [-0.25, -0.2) is 0 Å². The molecule has 0 saturated carbocycles. The lowest BCUT2D eigenvalue weighted by atomic mass is 9.95. The topological polar surface area (TPSA) is 67.2 Å². The van der Waals surface area contributed by atoms with Gasteiger partial charge in [-0.2, -0.15) is 5.10 Å². The zero-order chi connectivity index (χ0) is 16.9. The highest BCUT2D eigenvalue weighted by molar-refractivity contribution is 5.95. The lowest BCUT2D eigenvalue weighted by molar-refractivity contribution is 0.0429. The monoisotopic (exact) mass is 309 g/mol. The summed E-state index contributed by atoms with van der Waals surface area (Å²) >= 11 is 0. The summed E-state index contributed by atoms with van der Waals surface area (Å²) < 4.78 is 1.86. The van der Waals surface area contributed by atoms with Crippen molar-refractivity contribution in [3.05, 3.63) is 17.5 Å². The number of rotatable bonds is 8. The van der Waals surface area contributed by atoms with Crippen molar-refractivity contribution >= 4 is 5.91 Å². The second-order valence-corrected chi connectivity index (χ2v) is 7.33. The molecule has 1 aromatic heterocycles. The van der Waals surface area contributed by atoms with Crippen molar-refractivity contribution in [2.75, 3.05) is 6.54 Å². The fraction of sp³-hybridized carbons (Fsp3) is 0.765. The number of amides is 1. The number of nitrogens with zero attached hydrogens (tertiary/aromatic N) is 2. The van der Waals surface area contributed by atoms with E-state index in [1.807, 2.05) is 11.6 Å². The van der Waals surface area contributed by atoms with Crippen molar-refractivity contribution in [1.82, 2.24) is 15.1 Å². The molecular weight excluding hydrogens is 278 g/mol. The zero-order valence-corrected chi connectivity index (χ0v) is 14.8. The van der Waals surface area contributed by atoms with Crippen LogP contribution in [0.3, 0.4) is 0 Å². The minimum absolute atomic E-state index is 0.169. The Kier molecular flexibility index (Phi) is 6.60. The quantitative estimate of drug-likeness (QED) is 0.776. The van der Waals surface area contributed by atoms with Crippen molar-refractivity contribution < 1.29 is 9.90 Å². The van der Waals surface area contributed by atoms with Gasteiger partial charge in [-0.1, -0.05) is 27.7 Å². The predicted octanol–water partition coefficient (Wildman–Crippen LogP) is 2.76. The van der Waals surface area contributed by atoms with E-state index >= 15 is 0 Å². The van der Waals surface area contributed by atoms with E-state index in [2.05, 4.69) is 38.1 Å². The molecular formula is C17H31N3O2. The van der Waals surface area contributed by atoms with E-state index in [-0.39, 0.29) is 12.5 Å². The molecule has 0 aliphatic carbocycles. The Morgan fingerprint density at radius 3 is 2.55 bits per heavy atom. The second-order valence-electron chi connectivity index (χ2n) is 7.33. The molecule has 2 N–H and O–H groups in total. The van der Waals surface area contributed by atoms with Gasteiger partial charge in [0.25, 0.3) is 5.91 Å². The lowest BCUT2D eigenvalue weighted by Gasteiger charge is -2.24. The Balaban J connectivity index is 2.60. The van der Waals surface area contributed by atoms with Crippen LogP contribution < -0.4 is 5.32 Å². The molecule has 0 fully saturated rings. The van der Waals surface area contributed by atoms with E-state index in [4.69, 9.17) is 0 Å². The predicted molar refractivity (Wildman–Crippen MR) is 88.8 cm³/mol. The third-order valence-corrected chi connectivity index (χ3v) is 3.78. The Morgan fingerprint density at radius 1 is 1.36 bits per heavy atom. The largest absolute Gasteiger partial charge is 0.388 e. The Bertz CT molecular complexity index is 490. The van der Waals surface area contributed by atoms with Crippen LogP contribution >= 0.6 is 0 Å². The first-order chi connectivity index (χ1) is 10.1. The van der Waals surface area contributed by atoms with Gasteiger partial charge < -0.3 is 10.4 Å². The first kappa shape index (κ1) is 18.7. The molecule has 0 aliphatic rings. The van der Waals surface area contributed by atoms with Crippen LogP contribution in [0.25, 0.3) is 0 Å². The average Bonchev–Trinajstić information content (AvgIpc) is 2.75. The summed E-state index contributed by atoms with van der Waals surface area (Å²) in [6, 6.07) is 0. The summed E-state index contributed by atoms with van der Waals surface area (Å²) in [5, 5.41) is 17.4. The smallest absolute Gasteiger partial charge is 0.254 e. The first-order valence-corrected chi connectivity index (χ1v) is 8.15. The molecule has 126 valence electrons. The van der Waals surface area contributed by atoms with Crippen LogP contribution in [0.2, 0.25) is 0 Å². The van der Waals surface area contributed by atoms with Gasteiger partial charge in [0.15, 0.2) is 0 Å². The minimum Gasteiger partial charge on any atom is -0.388 e. The number of carbonyl (C=O) groups is 1. The highest BCUT2D eigenvalue weighted by Crippen LogP contribution is 2.16. The SMILES string of the molecule is Cc1c(C(=O)NCC(C)(O)CCC(C)C)cnn1CC(C)C. The average molecular weight is 309 g/mol. The number of aromatic nitrogens is 2. The standard InChI is InChI=1S/C17H31N3O2/c1-12(2)7-8-17(6,22)11-18-16(21)15-9-19-20(14(15)5)10-13(3)4/h9,12-13,22H,7-8,10-11H2,1-6H3,(H,18,21). The van der Waals surface area contributed by atoms with Crippen LogP contribution in [0, 0.1) is 18.8 Å². The van der Waals surface area contributed by atoms with Crippen molar-refractivity contribution in [2.24, 2.45) is 11.8 Å². The van der Waals surface area contributed by atoms with Crippen molar-refractivity contribution in [2.45, 2.75) is 66.5 Å². The van der Waals surface area contributed by atoms with Gasteiger partial charge >= 0.3 is 0 Å². The summed E-state index contributed by atoms with van der Waals surface area (Å²) in [6.45, 7) is 13.2. The molecule has 1 heterocycles. The summed E-state index contributed by atoms with van der Waals surface area (Å²) in [5.74, 6) is 0.849. The van der Waals surface area contributed by atoms with Gasteiger partial charge in [-0.05, 0) is 38.5 Å². The van der Waals surface area contributed by atoms with E-state index in [9.17, 15) is 9.90 Å². The Hall–Kier alpha value is -1.36. The van der Waals surface area contributed by atoms with Crippen LogP contribution in [0.4, 0.5) is 0 Å². The third-order valence-electron chi connectivity index (χ3n) is 3.78. The molecule has 0 bridgehead atoms. The normalized spacial score (nSPS) is 14.4. The Labute approximate surface area is 134 Å². The van der Waals surface area contributed by atoms with E-state index in [1.54, 1.807) is 13.1 Å². The van der Waals surface area contributed by atoms with Gasteiger partial charge in [-0.3, -0.25) is 9.48 Å². The molecule has 1 aromatic rings. The molecule has 1 amide bonds. The second kappa shape index (κ2) is 7.77. The molecule has 22 heavy (non-hydrogen) atoms. The number of hydrogen-bond acceptors (Lipinski definition) is 3. The fourth-order valence-corrected chi connectivity index (χ4v) is 2.25. The summed E-state index contributed by atoms with van der Waals surface area (Å²) in [5.41, 5.74) is 0.579. The van der Waals surface area contributed by atoms with Crippen LogP contribution in [0.1, 0.15) is 63.5 Å². The lowest BCUT2D eigenvalue weighted by Crippen LogP contribution is -2.40.